The molecule has 1 amide bonds. The summed E-state index contributed by atoms with van der Waals surface area (Å²) in [4.78, 5) is 11.8. The van der Waals surface area contributed by atoms with Gasteiger partial charge >= 0.3 is 0 Å². The third-order valence-corrected chi connectivity index (χ3v) is 3.27. The molecule has 1 rings (SSSR count). The van der Waals surface area contributed by atoms with E-state index in [1.807, 2.05) is 52.8 Å². The Morgan fingerprint density at radius 2 is 1.85 bits per heavy atom. The fraction of sp³-hybridized carbons (Fsp3) is 0.562. The largest absolute Gasteiger partial charge is 0.491 e. The van der Waals surface area contributed by atoms with Gasteiger partial charge in [-0.05, 0) is 30.4 Å². The average Bonchev–Trinajstić information content (AvgIpc) is 2.35. The third-order valence-electron chi connectivity index (χ3n) is 3.27. The van der Waals surface area contributed by atoms with Crippen LogP contribution in [0, 0.1) is 19.3 Å². The van der Waals surface area contributed by atoms with Crippen molar-refractivity contribution in [2.24, 2.45) is 11.1 Å². The Hall–Kier alpha value is -1.55. The van der Waals surface area contributed by atoms with Gasteiger partial charge in [0.1, 0.15) is 12.4 Å². The number of carbonyl (C=O) groups excluding carboxylic acids is 1. The predicted molar refractivity (Wildman–Crippen MR) is 81.9 cm³/mol. The molecule has 0 unspecified atom stereocenters. The lowest BCUT2D eigenvalue weighted by Gasteiger charge is -2.25. The van der Waals surface area contributed by atoms with Gasteiger partial charge in [0.05, 0.1) is 12.6 Å². The molecule has 20 heavy (non-hydrogen) atoms. The van der Waals surface area contributed by atoms with Gasteiger partial charge in [-0.1, -0.05) is 39.0 Å². The molecule has 0 heterocycles. The highest BCUT2D eigenvalue weighted by Gasteiger charge is 2.26. The SMILES string of the molecule is Cc1cccc(C)c1OCCNC(=O)[C@@H](N)C(C)(C)C. The van der Waals surface area contributed by atoms with Gasteiger partial charge in [0.15, 0.2) is 0 Å². The molecule has 1 aromatic rings. The number of ether oxygens (including phenoxy) is 1. The lowest BCUT2D eigenvalue weighted by molar-refractivity contribution is -0.124. The molecule has 0 radical (unpaired) electrons. The maximum absolute atomic E-state index is 11.8. The second-order valence-corrected chi connectivity index (χ2v) is 6.20. The molecule has 1 aromatic carbocycles. The van der Waals surface area contributed by atoms with Gasteiger partial charge in [0.25, 0.3) is 0 Å². The van der Waals surface area contributed by atoms with Crippen molar-refractivity contribution in [3.63, 3.8) is 0 Å². The highest BCUT2D eigenvalue weighted by Crippen LogP contribution is 2.22. The van der Waals surface area contributed by atoms with Crippen LogP contribution in [0.25, 0.3) is 0 Å². The Balaban J connectivity index is 2.41. The lowest BCUT2D eigenvalue weighted by Crippen LogP contribution is -2.49. The number of hydrogen-bond donors (Lipinski definition) is 2. The van der Waals surface area contributed by atoms with Gasteiger partial charge in [-0.3, -0.25) is 4.79 Å². The molecular formula is C16H26N2O2. The minimum atomic E-state index is -0.511. The van der Waals surface area contributed by atoms with E-state index in [4.69, 9.17) is 10.5 Å². The molecule has 3 N–H and O–H groups in total. The number of aryl methyl sites for hydroxylation is 2. The summed E-state index contributed by atoms with van der Waals surface area (Å²) in [6.07, 6.45) is 0. The van der Waals surface area contributed by atoms with E-state index in [2.05, 4.69) is 5.32 Å². The zero-order chi connectivity index (χ0) is 15.3. The molecule has 0 aliphatic heterocycles. The molecule has 0 aliphatic carbocycles. The lowest BCUT2D eigenvalue weighted by atomic mass is 9.87. The van der Waals surface area contributed by atoms with Gasteiger partial charge in [-0.2, -0.15) is 0 Å². The van der Waals surface area contributed by atoms with E-state index in [0.29, 0.717) is 13.2 Å². The minimum absolute atomic E-state index is 0.136. The maximum Gasteiger partial charge on any atom is 0.237 e. The third kappa shape index (κ3) is 4.53. The van der Waals surface area contributed by atoms with E-state index in [1.54, 1.807) is 0 Å². The standard InChI is InChI=1S/C16H26N2O2/c1-11-7-6-8-12(2)13(11)20-10-9-18-15(19)14(17)16(3,4)5/h6-8,14H,9-10,17H2,1-5H3,(H,18,19)/t14-/m1/s1. The predicted octanol–water partition coefficient (Wildman–Crippen LogP) is 2.17. The Bertz CT molecular complexity index is 444. The molecule has 1 atom stereocenters. The second-order valence-electron chi connectivity index (χ2n) is 6.20. The first kappa shape index (κ1) is 16.5. The van der Waals surface area contributed by atoms with Crippen LogP contribution < -0.4 is 15.8 Å². The van der Waals surface area contributed by atoms with Crippen molar-refractivity contribution < 1.29 is 9.53 Å². The first-order valence-electron chi connectivity index (χ1n) is 6.96. The minimum Gasteiger partial charge on any atom is -0.491 e. The van der Waals surface area contributed by atoms with Crippen LogP contribution in [0.1, 0.15) is 31.9 Å². The van der Waals surface area contributed by atoms with Crippen molar-refractivity contribution in [3.05, 3.63) is 29.3 Å². The highest BCUT2D eigenvalue weighted by atomic mass is 16.5. The smallest absolute Gasteiger partial charge is 0.237 e. The molecular weight excluding hydrogens is 252 g/mol. The summed E-state index contributed by atoms with van der Waals surface area (Å²) in [7, 11) is 0. The summed E-state index contributed by atoms with van der Waals surface area (Å²) in [6, 6.07) is 5.51. The molecule has 0 saturated carbocycles. The molecule has 0 saturated heterocycles. The van der Waals surface area contributed by atoms with Crippen LogP contribution in [0.2, 0.25) is 0 Å². The Morgan fingerprint density at radius 3 is 2.35 bits per heavy atom. The number of para-hydroxylation sites is 1. The molecule has 4 heteroatoms. The van der Waals surface area contributed by atoms with E-state index in [9.17, 15) is 4.79 Å². The van der Waals surface area contributed by atoms with E-state index in [1.165, 1.54) is 0 Å². The maximum atomic E-state index is 11.8. The molecule has 4 nitrogen and oxygen atoms in total. The van der Waals surface area contributed by atoms with Crippen molar-refractivity contribution in [2.45, 2.75) is 40.7 Å². The van der Waals surface area contributed by atoms with Crippen LogP contribution in [-0.4, -0.2) is 25.1 Å². The number of rotatable bonds is 5. The molecule has 0 aliphatic rings. The van der Waals surface area contributed by atoms with Gasteiger partial charge < -0.3 is 15.8 Å². The summed E-state index contributed by atoms with van der Waals surface area (Å²) in [6.45, 7) is 10.8. The molecule has 112 valence electrons. The van der Waals surface area contributed by atoms with E-state index >= 15 is 0 Å². The number of amides is 1. The summed E-state index contributed by atoms with van der Waals surface area (Å²) in [5.74, 6) is 0.754. The number of benzene rings is 1. The fourth-order valence-electron chi connectivity index (χ4n) is 1.86. The number of nitrogens with two attached hydrogens (primary N) is 1. The summed E-state index contributed by atoms with van der Waals surface area (Å²) in [5, 5.41) is 2.81. The Morgan fingerprint density at radius 1 is 1.30 bits per heavy atom. The molecule has 0 aromatic heterocycles. The number of hydrogen-bond acceptors (Lipinski definition) is 3. The van der Waals surface area contributed by atoms with Crippen LogP contribution in [0.4, 0.5) is 0 Å². The van der Waals surface area contributed by atoms with Crippen molar-refractivity contribution in [1.29, 1.82) is 0 Å². The molecule has 0 fully saturated rings. The Labute approximate surface area is 121 Å². The van der Waals surface area contributed by atoms with Crippen LogP contribution in [-0.2, 0) is 4.79 Å². The normalized spacial score (nSPS) is 12.9. The average molecular weight is 278 g/mol. The summed E-state index contributed by atoms with van der Waals surface area (Å²) in [5.41, 5.74) is 7.84. The van der Waals surface area contributed by atoms with Crippen molar-refractivity contribution in [3.8, 4) is 5.75 Å². The van der Waals surface area contributed by atoms with Crippen LogP contribution >= 0.6 is 0 Å². The number of carbonyl (C=O) groups is 1. The van der Waals surface area contributed by atoms with Gasteiger partial charge in [-0.15, -0.1) is 0 Å². The van der Waals surface area contributed by atoms with Crippen LogP contribution in [0.3, 0.4) is 0 Å². The van der Waals surface area contributed by atoms with E-state index in [0.717, 1.165) is 16.9 Å². The summed E-state index contributed by atoms with van der Waals surface area (Å²) < 4.78 is 5.73. The number of nitrogens with one attached hydrogen (secondary N) is 1. The summed E-state index contributed by atoms with van der Waals surface area (Å²) >= 11 is 0. The zero-order valence-corrected chi connectivity index (χ0v) is 13.1. The fourth-order valence-corrected chi connectivity index (χ4v) is 1.86. The second kappa shape index (κ2) is 6.75. The highest BCUT2D eigenvalue weighted by molar-refractivity contribution is 5.82. The van der Waals surface area contributed by atoms with Gasteiger partial charge in [0.2, 0.25) is 5.91 Å². The van der Waals surface area contributed by atoms with Crippen LogP contribution in [0.5, 0.6) is 5.75 Å². The topological polar surface area (TPSA) is 64.3 Å². The first-order chi connectivity index (χ1) is 9.23. The van der Waals surface area contributed by atoms with Crippen molar-refractivity contribution in [2.75, 3.05) is 13.2 Å². The molecule has 0 spiro atoms. The monoisotopic (exact) mass is 278 g/mol. The van der Waals surface area contributed by atoms with Crippen LogP contribution in [0.15, 0.2) is 18.2 Å². The van der Waals surface area contributed by atoms with Gasteiger partial charge in [0, 0.05) is 0 Å². The zero-order valence-electron chi connectivity index (χ0n) is 13.1. The first-order valence-corrected chi connectivity index (χ1v) is 6.96. The van der Waals surface area contributed by atoms with Crippen molar-refractivity contribution in [1.82, 2.24) is 5.32 Å². The molecule has 0 bridgehead atoms. The van der Waals surface area contributed by atoms with Gasteiger partial charge in [-0.25, -0.2) is 0 Å². The quantitative estimate of drug-likeness (QED) is 0.811. The Kier molecular flexibility index (Phi) is 5.57. The van der Waals surface area contributed by atoms with E-state index < -0.39 is 6.04 Å². The van der Waals surface area contributed by atoms with Crippen molar-refractivity contribution >= 4 is 5.91 Å². The van der Waals surface area contributed by atoms with E-state index in [-0.39, 0.29) is 11.3 Å².